The van der Waals surface area contributed by atoms with Crippen LogP contribution < -0.4 is 0 Å². The van der Waals surface area contributed by atoms with Crippen molar-refractivity contribution in [3.63, 3.8) is 0 Å². The molecule has 88 valence electrons. The fraction of sp³-hybridized carbons (Fsp3) is 0.500. The van der Waals surface area contributed by atoms with E-state index in [-0.39, 0.29) is 11.7 Å². The predicted octanol–water partition coefficient (Wildman–Crippen LogP) is 2.35. The van der Waals surface area contributed by atoms with Crippen molar-refractivity contribution in [1.29, 1.82) is 0 Å². The van der Waals surface area contributed by atoms with Crippen LogP contribution in [-0.4, -0.2) is 28.3 Å². The zero-order valence-electron chi connectivity index (χ0n) is 9.20. The maximum atomic E-state index is 11.1. The molecule has 1 aromatic heterocycles. The van der Waals surface area contributed by atoms with Gasteiger partial charge in [-0.25, -0.2) is 9.97 Å². The summed E-state index contributed by atoms with van der Waals surface area (Å²) in [7, 11) is 0. The molecule has 0 saturated carbocycles. The summed E-state index contributed by atoms with van der Waals surface area (Å²) in [5.74, 6) is 0.670. The Morgan fingerprint density at radius 2 is 2.25 bits per heavy atom. The summed E-state index contributed by atoms with van der Waals surface area (Å²) in [6, 6.07) is 1.64. The van der Waals surface area contributed by atoms with Gasteiger partial charge in [0.05, 0.1) is 12.4 Å². The van der Waals surface area contributed by atoms with Crippen molar-refractivity contribution in [1.82, 2.24) is 9.97 Å². The maximum Gasteiger partial charge on any atom is 0.316 e. The highest BCUT2D eigenvalue weighted by Crippen LogP contribution is 2.19. The summed E-state index contributed by atoms with van der Waals surface area (Å²) in [5, 5.41) is 1.10. The minimum absolute atomic E-state index is 0.240. The number of thioether (sulfide) groups is 1. The van der Waals surface area contributed by atoms with Gasteiger partial charge in [-0.3, -0.25) is 4.79 Å². The molecule has 0 spiro atoms. The van der Waals surface area contributed by atoms with Crippen molar-refractivity contribution in [2.24, 2.45) is 0 Å². The molecule has 0 N–H and O–H groups in total. The number of aryl methyl sites for hydroxylation is 1. The number of rotatable bonds is 5. The molecule has 4 nitrogen and oxygen atoms in total. The Balaban J connectivity index is 2.59. The van der Waals surface area contributed by atoms with Crippen LogP contribution in [0.25, 0.3) is 0 Å². The summed E-state index contributed by atoms with van der Waals surface area (Å²) in [5.41, 5.74) is 0. The van der Waals surface area contributed by atoms with E-state index in [0.717, 1.165) is 0 Å². The number of hydrogen-bond acceptors (Lipinski definition) is 5. The van der Waals surface area contributed by atoms with Crippen molar-refractivity contribution < 1.29 is 9.53 Å². The quantitative estimate of drug-likeness (QED) is 0.462. The summed E-state index contributed by atoms with van der Waals surface area (Å²) < 4.78 is 4.81. The van der Waals surface area contributed by atoms with Gasteiger partial charge in [-0.05, 0) is 6.92 Å². The van der Waals surface area contributed by atoms with Gasteiger partial charge in [0.15, 0.2) is 0 Å². The molecule has 0 aliphatic carbocycles. The summed E-state index contributed by atoms with van der Waals surface area (Å²) >= 11 is 7.13. The van der Waals surface area contributed by atoms with E-state index in [1.54, 1.807) is 13.0 Å². The highest BCUT2D eigenvalue weighted by molar-refractivity contribution is 7.99. The van der Waals surface area contributed by atoms with Crippen molar-refractivity contribution in [2.75, 3.05) is 12.4 Å². The standard InChI is InChI=1S/C10H13ClN2O2S/c1-3-8-12-7(11)5-9(13-8)16-6-10(14)15-4-2/h5H,3-4,6H2,1-2H3. The summed E-state index contributed by atoms with van der Waals surface area (Å²) in [6.07, 6.45) is 0.716. The normalized spacial score (nSPS) is 10.2. The van der Waals surface area contributed by atoms with Crippen LogP contribution in [0.4, 0.5) is 0 Å². The van der Waals surface area contributed by atoms with Gasteiger partial charge in [0.1, 0.15) is 16.0 Å². The lowest BCUT2D eigenvalue weighted by atomic mass is 10.4. The largest absolute Gasteiger partial charge is 0.465 e. The van der Waals surface area contributed by atoms with Crippen molar-refractivity contribution in [3.8, 4) is 0 Å². The molecule has 0 fully saturated rings. The lowest BCUT2D eigenvalue weighted by Crippen LogP contribution is -2.07. The first kappa shape index (κ1) is 13.3. The molecule has 0 bridgehead atoms. The number of halogens is 1. The summed E-state index contributed by atoms with van der Waals surface area (Å²) in [6.45, 7) is 4.12. The molecule has 0 aromatic carbocycles. The van der Waals surface area contributed by atoms with Gasteiger partial charge in [0, 0.05) is 12.5 Å². The molecular weight excluding hydrogens is 248 g/mol. The number of hydrogen-bond donors (Lipinski definition) is 0. The predicted molar refractivity (Wildman–Crippen MR) is 63.8 cm³/mol. The number of ether oxygens (including phenoxy) is 1. The zero-order chi connectivity index (χ0) is 12.0. The van der Waals surface area contributed by atoms with Gasteiger partial charge in [-0.15, -0.1) is 0 Å². The van der Waals surface area contributed by atoms with E-state index < -0.39 is 0 Å². The Morgan fingerprint density at radius 3 is 2.88 bits per heavy atom. The Bertz CT molecular complexity index is 374. The van der Waals surface area contributed by atoms with Gasteiger partial charge in [0.25, 0.3) is 0 Å². The SMILES string of the molecule is CCOC(=O)CSc1cc(Cl)nc(CC)n1. The van der Waals surface area contributed by atoms with Crippen LogP contribution in [0.1, 0.15) is 19.7 Å². The molecular formula is C10H13ClN2O2S. The molecule has 0 saturated heterocycles. The van der Waals surface area contributed by atoms with Crippen LogP contribution in [0.5, 0.6) is 0 Å². The van der Waals surface area contributed by atoms with Gasteiger partial charge in [-0.2, -0.15) is 0 Å². The fourth-order valence-corrected chi connectivity index (χ4v) is 1.99. The van der Waals surface area contributed by atoms with Crippen molar-refractivity contribution >= 4 is 29.3 Å². The smallest absolute Gasteiger partial charge is 0.316 e. The number of carbonyl (C=O) groups is 1. The molecule has 1 aromatic rings. The van der Waals surface area contributed by atoms with Crippen LogP contribution in [-0.2, 0) is 16.0 Å². The highest BCUT2D eigenvalue weighted by Gasteiger charge is 2.06. The molecule has 6 heteroatoms. The van der Waals surface area contributed by atoms with E-state index in [0.29, 0.717) is 29.0 Å². The third-order valence-electron chi connectivity index (χ3n) is 1.68. The Morgan fingerprint density at radius 1 is 1.50 bits per heavy atom. The van der Waals surface area contributed by atoms with Crippen molar-refractivity contribution in [2.45, 2.75) is 25.3 Å². The maximum absolute atomic E-state index is 11.1. The van der Waals surface area contributed by atoms with Gasteiger partial charge >= 0.3 is 5.97 Å². The van der Waals surface area contributed by atoms with Crippen LogP contribution in [0.2, 0.25) is 5.15 Å². The van der Waals surface area contributed by atoms with Crippen LogP contribution in [0.15, 0.2) is 11.1 Å². The second-order valence-electron chi connectivity index (χ2n) is 2.89. The monoisotopic (exact) mass is 260 g/mol. The van der Waals surface area contributed by atoms with Crippen LogP contribution >= 0.6 is 23.4 Å². The second-order valence-corrected chi connectivity index (χ2v) is 4.28. The average Bonchev–Trinajstić information content (AvgIpc) is 2.26. The van der Waals surface area contributed by atoms with E-state index in [1.807, 2.05) is 6.92 Å². The van der Waals surface area contributed by atoms with E-state index in [4.69, 9.17) is 16.3 Å². The van der Waals surface area contributed by atoms with Crippen molar-refractivity contribution in [3.05, 3.63) is 17.0 Å². The minimum atomic E-state index is -0.250. The lowest BCUT2D eigenvalue weighted by Gasteiger charge is -2.03. The molecule has 0 amide bonds. The Kier molecular flexibility index (Phi) is 5.55. The first-order chi connectivity index (χ1) is 7.65. The molecule has 1 heterocycles. The van der Waals surface area contributed by atoms with E-state index in [1.165, 1.54) is 11.8 Å². The first-order valence-electron chi connectivity index (χ1n) is 4.97. The molecule has 0 aliphatic heterocycles. The van der Waals surface area contributed by atoms with E-state index in [2.05, 4.69) is 9.97 Å². The van der Waals surface area contributed by atoms with Crippen LogP contribution in [0.3, 0.4) is 0 Å². The summed E-state index contributed by atoms with van der Waals surface area (Å²) in [4.78, 5) is 19.4. The second kappa shape index (κ2) is 6.70. The van der Waals surface area contributed by atoms with Gasteiger partial charge in [0.2, 0.25) is 0 Å². The average molecular weight is 261 g/mol. The molecule has 0 aliphatic rings. The number of carbonyl (C=O) groups excluding carboxylic acids is 1. The van der Waals surface area contributed by atoms with E-state index in [9.17, 15) is 4.79 Å². The lowest BCUT2D eigenvalue weighted by molar-refractivity contribution is -0.139. The Labute approximate surface area is 104 Å². The first-order valence-corrected chi connectivity index (χ1v) is 6.34. The molecule has 0 atom stereocenters. The number of aromatic nitrogens is 2. The number of esters is 1. The van der Waals surface area contributed by atoms with Crippen LogP contribution in [0, 0.1) is 0 Å². The zero-order valence-corrected chi connectivity index (χ0v) is 10.8. The molecule has 0 unspecified atom stereocenters. The minimum Gasteiger partial charge on any atom is -0.465 e. The number of nitrogens with zero attached hydrogens (tertiary/aromatic N) is 2. The molecule has 1 rings (SSSR count). The van der Waals surface area contributed by atoms with Gasteiger partial charge in [-0.1, -0.05) is 30.3 Å². The van der Waals surface area contributed by atoms with Gasteiger partial charge < -0.3 is 4.74 Å². The molecule has 0 radical (unpaired) electrons. The fourth-order valence-electron chi connectivity index (χ4n) is 1.01. The molecule has 16 heavy (non-hydrogen) atoms. The van der Waals surface area contributed by atoms with E-state index >= 15 is 0 Å². The highest BCUT2D eigenvalue weighted by atomic mass is 35.5. The Hall–Kier alpha value is -0.810. The third-order valence-corrected chi connectivity index (χ3v) is 2.76. The topological polar surface area (TPSA) is 52.1 Å². The third kappa shape index (κ3) is 4.37.